The van der Waals surface area contributed by atoms with E-state index in [2.05, 4.69) is 10.6 Å². The Hall–Kier alpha value is -4.08. The number of hydrogen-bond acceptors (Lipinski definition) is 9. The third-order valence-corrected chi connectivity index (χ3v) is 11.0. The molecule has 0 fully saturated rings. The summed E-state index contributed by atoms with van der Waals surface area (Å²) in [6, 6.07) is 14.7. The number of hydrogen-bond donors (Lipinski definition) is 3. The average molecular weight is 745 g/mol. The number of halogens is 1. The van der Waals surface area contributed by atoms with Gasteiger partial charge < -0.3 is 39.6 Å². The normalized spacial score (nSPS) is 20.6. The number of anilines is 2. The van der Waals surface area contributed by atoms with Crippen LogP contribution in [-0.2, 0) is 14.8 Å². The van der Waals surface area contributed by atoms with Crippen LogP contribution >= 0.6 is 11.6 Å². The zero-order chi connectivity index (χ0) is 36.7. The molecule has 3 aromatic carbocycles. The van der Waals surface area contributed by atoms with E-state index in [0.29, 0.717) is 53.1 Å². The molecular formula is C36H45ClN4O9S. The minimum atomic E-state index is -3.86. The number of nitrogens with zero attached hydrogens (tertiary/aromatic N) is 2. The summed E-state index contributed by atoms with van der Waals surface area (Å²) in [5.41, 5.74) is 1.04. The highest BCUT2D eigenvalue weighted by molar-refractivity contribution is 7.89. The average Bonchev–Trinajstić information content (AvgIpc) is 3.57. The lowest BCUT2D eigenvalue weighted by Gasteiger charge is -2.35. The van der Waals surface area contributed by atoms with Gasteiger partial charge in [-0.3, -0.25) is 4.79 Å². The highest BCUT2D eigenvalue weighted by Crippen LogP contribution is 2.34. The van der Waals surface area contributed by atoms with Crippen molar-refractivity contribution < 1.29 is 42.1 Å². The van der Waals surface area contributed by atoms with Crippen LogP contribution in [0.4, 0.5) is 16.2 Å². The Labute approximate surface area is 303 Å². The summed E-state index contributed by atoms with van der Waals surface area (Å²) in [5.74, 6) is 0.666. The van der Waals surface area contributed by atoms with Crippen molar-refractivity contribution in [3.8, 4) is 17.2 Å². The van der Waals surface area contributed by atoms with Gasteiger partial charge in [-0.25, -0.2) is 13.2 Å². The molecule has 2 aliphatic heterocycles. The summed E-state index contributed by atoms with van der Waals surface area (Å²) in [5, 5.41) is 16.2. The molecule has 15 heteroatoms. The summed E-state index contributed by atoms with van der Waals surface area (Å²) in [6.07, 6.45) is 1.34. The molecule has 51 heavy (non-hydrogen) atoms. The van der Waals surface area contributed by atoms with E-state index >= 15 is 0 Å². The fraction of sp³-hybridized carbons (Fsp3) is 0.444. The fourth-order valence-electron chi connectivity index (χ4n) is 5.87. The molecular weight excluding hydrogens is 700 g/mol. The minimum Gasteiger partial charge on any atom is -0.490 e. The van der Waals surface area contributed by atoms with E-state index in [-0.39, 0.29) is 49.0 Å². The molecule has 3 amide bonds. The maximum absolute atomic E-state index is 14.4. The van der Waals surface area contributed by atoms with Crippen LogP contribution in [0.1, 0.15) is 50.4 Å². The van der Waals surface area contributed by atoms with Crippen molar-refractivity contribution in [1.29, 1.82) is 0 Å². The number of carbonyl (C=O) groups is 2. The van der Waals surface area contributed by atoms with Crippen LogP contribution in [0.15, 0.2) is 65.6 Å². The van der Waals surface area contributed by atoms with Gasteiger partial charge in [-0.15, -0.1) is 0 Å². The number of carbonyl (C=O) groups excluding carboxylic acids is 2. The Morgan fingerprint density at radius 3 is 2.37 bits per heavy atom. The number of sulfonamides is 1. The summed E-state index contributed by atoms with van der Waals surface area (Å²) >= 11 is 5.99. The highest BCUT2D eigenvalue weighted by atomic mass is 35.5. The van der Waals surface area contributed by atoms with Crippen LogP contribution in [-0.4, -0.2) is 93.1 Å². The Morgan fingerprint density at radius 1 is 1.00 bits per heavy atom. The second-order valence-electron chi connectivity index (χ2n) is 12.9. The van der Waals surface area contributed by atoms with Crippen molar-refractivity contribution in [3.63, 3.8) is 0 Å². The summed E-state index contributed by atoms with van der Waals surface area (Å²) in [7, 11) is -2.37. The van der Waals surface area contributed by atoms with E-state index in [0.717, 1.165) is 6.42 Å². The van der Waals surface area contributed by atoms with Gasteiger partial charge in [-0.1, -0.05) is 18.5 Å². The molecule has 0 spiro atoms. The zero-order valence-corrected chi connectivity index (χ0v) is 30.7. The molecule has 276 valence electrons. The molecule has 0 aromatic heterocycles. The molecule has 0 bridgehead atoms. The monoisotopic (exact) mass is 744 g/mol. The number of aliphatic hydroxyl groups excluding tert-OH is 1. The van der Waals surface area contributed by atoms with Gasteiger partial charge in [-0.05, 0) is 87.7 Å². The van der Waals surface area contributed by atoms with E-state index in [1.54, 1.807) is 43.3 Å². The Morgan fingerprint density at radius 2 is 1.67 bits per heavy atom. The van der Waals surface area contributed by atoms with Crippen LogP contribution in [0.2, 0.25) is 5.02 Å². The molecule has 5 rings (SSSR count). The van der Waals surface area contributed by atoms with Gasteiger partial charge in [0.15, 0.2) is 11.5 Å². The molecule has 3 aromatic rings. The number of nitrogens with one attached hydrogen (secondary N) is 2. The van der Waals surface area contributed by atoms with E-state index in [9.17, 15) is 23.1 Å². The van der Waals surface area contributed by atoms with Crippen LogP contribution in [0, 0.1) is 5.92 Å². The Bertz CT molecular complexity index is 1790. The second-order valence-corrected chi connectivity index (χ2v) is 15.4. The van der Waals surface area contributed by atoms with Crippen molar-refractivity contribution in [2.45, 2.75) is 63.2 Å². The molecule has 0 aliphatic carbocycles. The molecule has 13 nitrogen and oxygen atoms in total. The smallest absolute Gasteiger partial charge is 0.323 e. The number of benzene rings is 3. The fourth-order valence-corrected chi connectivity index (χ4v) is 7.18. The van der Waals surface area contributed by atoms with Crippen LogP contribution < -0.4 is 24.8 Å². The predicted molar refractivity (Wildman–Crippen MR) is 193 cm³/mol. The minimum absolute atomic E-state index is 0.0321. The van der Waals surface area contributed by atoms with Crippen molar-refractivity contribution in [1.82, 2.24) is 9.21 Å². The van der Waals surface area contributed by atoms with Crippen LogP contribution in [0.5, 0.6) is 17.2 Å². The Kier molecular flexibility index (Phi) is 12.7. The topological polar surface area (TPSA) is 156 Å². The number of likely N-dealkylation sites (N-methyl/N-ethyl adjacent to an activating group) is 1. The summed E-state index contributed by atoms with van der Waals surface area (Å²) in [6.45, 7) is 5.88. The van der Waals surface area contributed by atoms with Crippen LogP contribution in [0.3, 0.4) is 0 Å². The standard InChI is InChI=1S/C36H45ClN4O9S/c1-23-19-41(24(2)21-42)35(43)30-17-27(38-36(44)39-28-11-15-32-33(18-28)49-22-48-32)10-14-31(30)50-25(3)7-5-6-16-47-34(23)20-40(4)51(45,46)29-12-8-26(37)9-13-29/h8-15,17-18,23-25,34,42H,5-7,16,19-22H2,1-4H3,(H2,38,39,44)/t23-,24+,25-,34-/m1/s1. The third-order valence-electron chi connectivity index (χ3n) is 8.90. The SMILES string of the molecule is C[C@@H]1CCCCO[C@H](CN(C)S(=O)(=O)c2ccc(Cl)cc2)[C@H](C)CN([C@@H](C)CO)C(=O)c2cc(NC(=O)Nc3ccc4c(c3)OCO4)ccc2O1. The first kappa shape index (κ1) is 38.2. The first-order valence-corrected chi connectivity index (χ1v) is 18.7. The maximum Gasteiger partial charge on any atom is 0.323 e. The predicted octanol–water partition coefficient (Wildman–Crippen LogP) is 5.83. The number of amides is 3. The molecule has 2 aliphatic rings. The third kappa shape index (κ3) is 9.63. The van der Waals surface area contributed by atoms with Gasteiger partial charge in [0.2, 0.25) is 16.8 Å². The van der Waals surface area contributed by atoms with Gasteiger partial charge in [0.25, 0.3) is 5.91 Å². The van der Waals surface area contributed by atoms with Crippen molar-refractivity contribution >= 4 is 44.9 Å². The molecule has 0 unspecified atom stereocenters. The van der Waals surface area contributed by atoms with E-state index < -0.39 is 34.1 Å². The maximum atomic E-state index is 14.4. The van der Waals surface area contributed by atoms with E-state index in [1.807, 2.05) is 13.8 Å². The first-order valence-electron chi connectivity index (χ1n) is 16.9. The van der Waals surface area contributed by atoms with Gasteiger partial charge in [-0.2, -0.15) is 4.31 Å². The quantitative estimate of drug-likeness (QED) is 0.258. The number of ether oxygens (including phenoxy) is 4. The largest absolute Gasteiger partial charge is 0.490 e. The highest BCUT2D eigenvalue weighted by Gasteiger charge is 2.32. The number of aliphatic hydroxyl groups is 1. The number of fused-ring (bicyclic) bond motifs is 2. The lowest BCUT2D eigenvalue weighted by molar-refractivity contribution is -0.00833. The van der Waals surface area contributed by atoms with Crippen molar-refractivity contribution in [2.75, 3.05) is 50.8 Å². The molecule has 0 saturated heterocycles. The summed E-state index contributed by atoms with van der Waals surface area (Å²) in [4.78, 5) is 29.1. The lowest BCUT2D eigenvalue weighted by Crippen LogP contribution is -2.48. The Balaban J connectivity index is 1.39. The van der Waals surface area contributed by atoms with E-state index in [4.69, 9.17) is 30.5 Å². The number of urea groups is 1. The second kappa shape index (κ2) is 17.0. The van der Waals surface area contributed by atoms with Crippen LogP contribution in [0.25, 0.3) is 0 Å². The van der Waals surface area contributed by atoms with Gasteiger partial charge in [0, 0.05) is 55.1 Å². The molecule has 0 saturated carbocycles. The van der Waals surface area contributed by atoms with Gasteiger partial charge in [0.1, 0.15) is 5.75 Å². The van der Waals surface area contributed by atoms with Gasteiger partial charge >= 0.3 is 6.03 Å². The first-order chi connectivity index (χ1) is 24.3. The van der Waals surface area contributed by atoms with Gasteiger partial charge in [0.05, 0.1) is 35.3 Å². The zero-order valence-electron chi connectivity index (χ0n) is 29.1. The molecule has 2 heterocycles. The number of rotatable bonds is 8. The summed E-state index contributed by atoms with van der Waals surface area (Å²) < 4.78 is 51.5. The molecule has 3 N–H and O–H groups in total. The van der Waals surface area contributed by atoms with Crippen molar-refractivity contribution in [2.24, 2.45) is 5.92 Å². The van der Waals surface area contributed by atoms with E-state index in [1.165, 1.54) is 40.5 Å². The molecule has 4 atom stereocenters. The van der Waals surface area contributed by atoms with Crippen molar-refractivity contribution in [3.05, 3.63) is 71.2 Å². The molecule has 0 radical (unpaired) electrons. The lowest BCUT2D eigenvalue weighted by atomic mass is 10.0.